The van der Waals surface area contributed by atoms with E-state index in [0.717, 1.165) is 36.0 Å². The normalized spacial score (nSPS) is 9.53. The van der Waals surface area contributed by atoms with Crippen LogP contribution in [0.4, 0.5) is 0 Å². The van der Waals surface area contributed by atoms with Crippen LogP contribution in [0.25, 0.3) is 0 Å². The van der Waals surface area contributed by atoms with E-state index in [4.69, 9.17) is 11.2 Å². The first kappa shape index (κ1) is 12.2. The van der Waals surface area contributed by atoms with Gasteiger partial charge in [-0.1, -0.05) is 0 Å². The van der Waals surface area contributed by atoms with Crippen molar-refractivity contribution < 1.29 is 20.6 Å². The van der Waals surface area contributed by atoms with Crippen molar-refractivity contribution in [2.24, 2.45) is 0 Å². The number of rotatable bonds is 6. The van der Waals surface area contributed by atoms with Crippen LogP contribution < -0.4 is 0 Å². The molecule has 0 aliphatic rings. The maximum absolute atomic E-state index is 5.57. The van der Waals surface area contributed by atoms with E-state index in [-0.39, 0.29) is 0 Å². The van der Waals surface area contributed by atoms with E-state index < -0.39 is 0 Å². The molecule has 78 valence electrons. The first-order chi connectivity index (χ1) is 7.34. The molecule has 1 aromatic carbocycles. The molecule has 0 radical (unpaired) electrons. The molecule has 0 N–H and O–H groups in total. The first-order valence-corrected chi connectivity index (χ1v) is 5.64. The average Bonchev–Trinajstić information content (AvgIpc) is 2.30. The summed E-state index contributed by atoms with van der Waals surface area (Å²) in [5.41, 5.74) is 1.09. The second-order valence-electron chi connectivity index (χ2n) is 3.16. The molecular weight excluding hydrogens is 224 g/mol. The minimum atomic E-state index is 0.721. The van der Waals surface area contributed by atoms with Gasteiger partial charge in [0.2, 0.25) is 0 Å². The van der Waals surface area contributed by atoms with Crippen molar-refractivity contribution in [1.82, 2.24) is 0 Å². The molecule has 0 saturated carbocycles. The van der Waals surface area contributed by atoms with Gasteiger partial charge in [0, 0.05) is 0 Å². The van der Waals surface area contributed by atoms with Gasteiger partial charge in [-0.25, -0.2) is 0 Å². The number of hydrogen-bond donors (Lipinski definition) is 0. The Bertz CT molecular complexity index is 337. The van der Waals surface area contributed by atoms with Crippen molar-refractivity contribution in [2.75, 3.05) is 6.61 Å². The van der Waals surface area contributed by atoms with E-state index in [0.29, 0.717) is 0 Å². The van der Waals surface area contributed by atoms with Crippen LogP contribution in [0, 0.1) is 12.3 Å². The quantitative estimate of drug-likeness (QED) is 0.546. The Balaban J connectivity index is 2.23. The third-order valence-corrected chi connectivity index (χ3v) is 2.51. The van der Waals surface area contributed by atoms with Gasteiger partial charge in [0.1, 0.15) is 0 Å². The van der Waals surface area contributed by atoms with Gasteiger partial charge >= 0.3 is 99.3 Å². The predicted octanol–water partition coefficient (Wildman–Crippen LogP) is 2.53. The second-order valence-corrected chi connectivity index (χ2v) is 3.74. The van der Waals surface area contributed by atoms with E-state index in [1.54, 1.807) is 0 Å². The fraction of sp³-hybridized carbons (Fsp3) is 0.308. The number of terminal acetylenes is 1. The van der Waals surface area contributed by atoms with Gasteiger partial charge in [-0.3, -0.25) is 0 Å². The minimum absolute atomic E-state index is 0.721. The summed E-state index contributed by atoms with van der Waals surface area (Å²) in [6, 6.07) is 10.0. The van der Waals surface area contributed by atoms with Crippen molar-refractivity contribution in [3.05, 3.63) is 35.9 Å². The van der Waals surface area contributed by atoms with Gasteiger partial charge in [-0.15, -0.1) is 0 Å². The van der Waals surface area contributed by atoms with Crippen LogP contribution in [0.3, 0.4) is 0 Å². The van der Waals surface area contributed by atoms with Crippen LogP contribution in [-0.2, 0) is 20.6 Å². The fourth-order valence-electron chi connectivity index (χ4n) is 1.15. The zero-order valence-corrected chi connectivity index (χ0v) is 9.88. The zero-order chi connectivity index (χ0) is 10.9. The fourth-order valence-corrected chi connectivity index (χ4v) is 1.49. The molecular formula is C13H14CrO. The Morgan fingerprint density at radius 3 is 2.67 bits per heavy atom. The van der Waals surface area contributed by atoms with Gasteiger partial charge in [0.05, 0.1) is 0 Å². The number of hydrogen-bond acceptors (Lipinski definition) is 1. The van der Waals surface area contributed by atoms with E-state index >= 15 is 0 Å². The molecule has 1 rings (SSSR count). The Kier molecular flexibility index (Phi) is 6.05. The molecule has 0 spiro atoms. The molecule has 0 unspecified atom stereocenters. The van der Waals surface area contributed by atoms with Crippen molar-refractivity contribution in [1.29, 1.82) is 0 Å². The van der Waals surface area contributed by atoms with Crippen molar-refractivity contribution in [3.63, 3.8) is 0 Å². The van der Waals surface area contributed by atoms with Gasteiger partial charge in [0.15, 0.2) is 0 Å². The molecule has 0 aromatic heterocycles. The summed E-state index contributed by atoms with van der Waals surface area (Å²) in [6.07, 6.45) is 8.02. The Morgan fingerprint density at radius 1 is 1.27 bits per heavy atom. The third-order valence-electron chi connectivity index (χ3n) is 1.96. The first-order valence-electron chi connectivity index (χ1n) is 5.00. The summed E-state index contributed by atoms with van der Waals surface area (Å²) in [5, 5.41) is 0. The average molecular weight is 238 g/mol. The Labute approximate surface area is 99.4 Å². The Morgan fingerprint density at radius 2 is 2.00 bits per heavy atom. The standard InChI is InChI=1S/C13H14O.Cr/c1-2-3-4-8-11-14-12-13-9-6-5-7-10-13;/h1,5-7,9-10H,3-4,8,11H2;. The zero-order valence-electron chi connectivity index (χ0n) is 8.61. The van der Waals surface area contributed by atoms with Crippen LogP contribution in [0.5, 0.6) is 0 Å². The monoisotopic (exact) mass is 238 g/mol. The van der Waals surface area contributed by atoms with Crippen molar-refractivity contribution in [2.45, 2.75) is 19.3 Å². The molecule has 0 atom stereocenters. The molecule has 2 heteroatoms. The molecule has 0 bridgehead atoms. The van der Waals surface area contributed by atoms with Crippen LogP contribution in [0.2, 0.25) is 0 Å². The molecule has 1 nitrogen and oxygen atoms in total. The summed E-state index contributed by atoms with van der Waals surface area (Å²) in [7, 11) is 0. The van der Waals surface area contributed by atoms with Crippen LogP contribution in [-0.4, -0.2) is 11.2 Å². The summed E-state index contributed by atoms with van der Waals surface area (Å²) >= 11 is 2.94. The summed E-state index contributed by atoms with van der Waals surface area (Å²) in [5.74, 6) is 2.62. The van der Waals surface area contributed by atoms with E-state index in [2.05, 4.69) is 21.8 Å². The molecule has 15 heavy (non-hydrogen) atoms. The van der Waals surface area contributed by atoms with Crippen LogP contribution >= 0.6 is 0 Å². The molecule has 0 saturated heterocycles. The molecule has 0 aliphatic heterocycles. The van der Waals surface area contributed by atoms with E-state index in [1.165, 1.54) is 0 Å². The van der Waals surface area contributed by atoms with Crippen molar-refractivity contribution >= 4 is 4.57 Å². The van der Waals surface area contributed by atoms with Gasteiger partial charge < -0.3 is 0 Å². The maximum atomic E-state index is 5.57. The SMILES string of the molecule is C#CCCCCO[C](=[Cr])c1ccccc1. The second kappa shape index (κ2) is 7.44. The van der Waals surface area contributed by atoms with Gasteiger partial charge in [0.25, 0.3) is 0 Å². The summed E-state index contributed by atoms with van der Waals surface area (Å²) in [4.78, 5) is 0. The predicted molar refractivity (Wildman–Crippen MR) is 59.2 cm³/mol. The van der Waals surface area contributed by atoms with Gasteiger partial charge in [-0.2, -0.15) is 0 Å². The van der Waals surface area contributed by atoms with Crippen LogP contribution in [0.15, 0.2) is 30.3 Å². The number of unbranched alkanes of at least 4 members (excludes halogenated alkanes) is 2. The van der Waals surface area contributed by atoms with Crippen LogP contribution in [0.1, 0.15) is 24.8 Å². The molecule has 0 aliphatic carbocycles. The van der Waals surface area contributed by atoms with Gasteiger partial charge in [-0.05, 0) is 0 Å². The van der Waals surface area contributed by atoms with E-state index in [9.17, 15) is 0 Å². The van der Waals surface area contributed by atoms with E-state index in [1.807, 2.05) is 30.3 Å². The molecule has 0 fully saturated rings. The topological polar surface area (TPSA) is 9.23 Å². The van der Waals surface area contributed by atoms with Crippen molar-refractivity contribution in [3.8, 4) is 12.3 Å². The summed E-state index contributed by atoms with van der Waals surface area (Å²) < 4.78 is 6.42. The molecule has 0 amide bonds. The molecule has 1 aromatic rings. The third kappa shape index (κ3) is 4.96. The molecule has 0 heterocycles. The summed E-state index contributed by atoms with van der Waals surface area (Å²) in [6.45, 7) is 0.721. The Hall–Kier alpha value is -0.858. The number of ether oxygens (including phenoxy) is 1. The number of benzene rings is 1.